The Balaban J connectivity index is 1.86. The molecule has 136 valence electrons. The van der Waals surface area contributed by atoms with Gasteiger partial charge in [0.1, 0.15) is 21.4 Å². The van der Waals surface area contributed by atoms with Crippen molar-refractivity contribution in [3.05, 3.63) is 54.7 Å². The maximum Gasteiger partial charge on any atom is 0.338 e. The highest BCUT2D eigenvalue weighted by Gasteiger charge is 2.33. The predicted octanol–water partition coefficient (Wildman–Crippen LogP) is 0.373. The lowest BCUT2D eigenvalue weighted by Gasteiger charge is -2.42. The van der Waals surface area contributed by atoms with Crippen LogP contribution in [0.4, 0.5) is 0 Å². The van der Waals surface area contributed by atoms with E-state index in [-0.39, 0.29) is 28.8 Å². The fraction of sp³-hybridized carbons (Fsp3) is 0.118. The van der Waals surface area contributed by atoms with Gasteiger partial charge in [0, 0.05) is 35.8 Å². The van der Waals surface area contributed by atoms with Gasteiger partial charge >= 0.3 is 5.97 Å². The predicted molar refractivity (Wildman–Crippen MR) is 111 cm³/mol. The Hall–Kier alpha value is -3.23. The van der Waals surface area contributed by atoms with Crippen molar-refractivity contribution < 1.29 is 19.4 Å². The van der Waals surface area contributed by atoms with Gasteiger partial charge in [-0.05, 0) is 18.2 Å². The van der Waals surface area contributed by atoms with E-state index < -0.39 is 16.5 Å². The van der Waals surface area contributed by atoms with Gasteiger partial charge in [-0.15, -0.1) is 5.11 Å². The van der Waals surface area contributed by atoms with Crippen LogP contribution in [0.1, 0.15) is 10.4 Å². The largest absolute Gasteiger partial charge is 0.503 e. The molecule has 0 saturated heterocycles. The van der Waals surface area contributed by atoms with E-state index in [2.05, 4.69) is 19.9 Å². The zero-order chi connectivity index (χ0) is 21.9. The van der Waals surface area contributed by atoms with Crippen LogP contribution in [-0.2, 0) is 0 Å². The van der Waals surface area contributed by atoms with Gasteiger partial charge in [0.05, 0.1) is 35.3 Å². The van der Waals surface area contributed by atoms with E-state index in [4.69, 9.17) is 53.8 Å². The van der Waals surface area contributed by atoms with Gasteiger partial charge in [0.2, 0.25) is 0 Å². The average Bonchev–Trinajstić information content (AvgIpc) is 2.69. The van der Waals surface area contributed by atoms with E-state index in [9.17, 15) is 4.79 Å². The number of ether oxygens (including phenoxy) is 2. The Bertz CT molecular complexity index is 1060. The molecule has 0 aromatic carbocycles. The molecule has 10 radical (unpaired) electrons. The molecule has 0 saturated carbocycles. The van der Waals surface area contributed by atoms with Gasteiger partial charge in [-0.3, -0.25) is 4.98 Å². The highest BCUT2D eigenvalue weighted by Crippen LogP contribution is 2.35. The number of carboxylic acid groups (broad SMARTS) is 1. The molecule has 30 heavy (non-hydrogen) atoms. The van der Waals surface area contributed by atoms with Crippen LogP contribution in [0.25, 0.3) is 11.4 Å². The summed E-state index contributed by atoms with van der Waals surface area (Å²) in [5.74, 6) is -0.616. The quantitative estimate of drug-likeness (QED) is 0.580. The van der Waals surface area contributed by atoms with Crippen molar-refractivity contribution in [3.63, 3.8) is 0 Å². The topological polar surface area (TPSA) is 107 Å². The van der Waals surface area contributed by atoms with E-state index in [1.807, 2.05) is 0 Å². The molecule has 8 nitrogen and oxygen atoms in total. The van der Waals surface area contributed by atoms with Gasteiger partial charge in [0.15, 0.2) is 11.6 Å². The highest BCUT2D eigenvalue weighted by atomic mass is 16.5. The van der Waals surface area contributed by atoms with Crippen molar-refractivity contribution in [3.8, 4) is 28.8 Å². The average molecular weight is 387 g/mol. The highest BCUT2D eigenvalue weighted by molar-refractivity contribution is 6.66. The van der Waals surface area contributed by atoms with Gasteiger partial charge in [-0.1, -0.05) is 0 Å². The smallest absolute Gasteiger partial charge is 0.338 e. The number of rotatable bonds is 7. The van der Waals surface area contributed by atoms with Crippen molar-refractivity contribution in [2.24, 2.45) is 0 Å². The van der Waals surface area contributed by atoms with Crippen molar-refractivity contribution in [2.75, 3.05) is 0 Å². The van der Waals surface area contributed by atoms with Crippen molar-refractivity contribution in [2.45, 2.75) is 10.5 Å². The molecule has 3 rings (SSSR count). The first-order chi connectivity index (χ1) is 14.1. The van der Waals surface area contributed by atoms with Crippen molar-refractivity contribution in [1.29, 1.82) is 0 Å². The molecule has 0 unspecified atom stereocenters. The third kappa shape index (κ3) is 4.84. The van der Waals surface area contributed by atoms with Crippen LogP contribution in [0.5, 0.6) is 17.4 Å². The third-order valence-corrected chi connectivity index (χ3v) is 3.78. The summed E-state index contributed by atoms with van der Waals surface area (Å²) in [7, 11) is 28.1. The first-order valence-corrected chi connectivity index (χ1v) is 8.34. The number of hydrogen-bond donors (Lipinski definition) is 1. The molecular formula is C17H9B5N4O4. The fourth-order valence-electron chi connectivity index (χ4n) is 2.10. The van der Waals surface area contributed by atoms with E-state index in [0.717, 1.165) is 0 Å². The normalized spacial score (nSPS) is 11.6. The fourth-order valence-corrected chi connectivity index (χ4v) is 2.10. The summed E-state index contributed by atoms with van der Waals surface area (Å²) in [4.78, 5) is 27.1. The summed E-state index contributed by atoms with van der Waals surface area (Å²) in [6.45, 7) is 0. The number of aromatic nitrogens is 4. The number of hydrogen-bond acceptors (Lipinski definition) is 7. The van der Waals surface area contributed by atoms with Gasteiger partial charge in [-0.25, -0.2) is 19.7 Å². The molecule has 1 N–H and O–H groups in total. The maximum atomic E-state index is 10.9. The summed E-state index contributed by atoms with van der Waals surface area (Å²) in [5, 5.41) is 4.75. The van der Waals surface area contributed by atoms with E-state index >= 15 is 0 Å². The van der Waals surface area contributed by atoms with E-state index in [1.54, 1.807) is 12.1 Å². The molecule has 3 heterocycles. The Morgan fingerprint density at radius 3 is 2.33 bits per heavy atom. The van der Waals surface area contributed by atoms with Crippen molar-refractivity contribution in [1.82, 2.24) is 19.9 Å². The van der Waals surface area contributed by atoms with E-state index in [0.29, 0.717) is 5.56 Å². The minimum atomic E-state index is -2.13. The number of nitrogens with zero attached hydrogens (tertiary/aromatic N) is 4. The monoisotopic (exact) mass is 388 g/mol. The molecule has 0 aliphatic heterocycles. The summed E-state index contributed by atoms with van der Waals surface area (Å²) in [6.07, 6.45) is 6.70. The number of aromatic carboxylic acids is 1. The number of carboxylic acids is 1. The lowest BCUT2D eigenvalue weighted by molar-refractivity contribution is 0.0696. The lowest BCUT2D eigenvalue weighted by Crippen LogP contribution is -2.50. The molecule has 0 fully saturated rings. The molecule has 3 aromatic heterocycles. The van der Waals surface area contributed by atoms with Crippen LogP contribution in [0, 0.1) is 0 Å². The molecule has 0 amide bonds. The van der Waals surface area contributed by atoms with Crippen LogP contribution in [0.2, 0.25) is 5.11 Å². The first-order valence-electron chi connectivity index (χ1n) is 8.34. The van der Waals surface area contributed by atoms with Gasteiger partial charge < -0.3 is 14.6 Å². The van der Waals surface area contributed by atoms with Crippen molar-refractivity contribution >= 4 is 45.2 Å². The van der Waals surface area contributed by atoms with E-state index in [1.165, 1.54) is 37.1 Å². The minimum absolute atomic E-state index is 0.0110. The van der Waals surface area contributed by atoms with Crippen LogP contribution >= 0.6 is 0 Å². The molecule has 0 aliphatic carbocycles. The molecule has 0 bridgehead atoms. The standard InChI is InChI=1S/C17H9B5N4O4/c18-16(19,20)17(21,22)30-12-2-1-3-24-14(12)29-11-4-9(5-23-8-11)13-25-6-10(7-26-13)15(27)28/h1-8H,(H,27,28). The van der Waals surface area contributed by atoms with Gasteiger partial charge in [0.25, 0.3) is 5.88 Å². The molecule has 0 atom stereocenters. The van der Waals surface area contributed by atoms with Crippen LogP contribution in [-0.4, -0.2) is 75.6 Å². The lowest BCUT2D eigenvalue weighted by atomic mass is 9.28. The molecule has 13 heteroatoms. The van der Waals surface area contributed by atoms with Gasteiger partial charge in [-0.2, -0.15) is 0 Å². The third-order valence-electron chi connectivity index (χ3n) is 3.78. The second-order valence-electron chi connectivity index (χ2n) is 6.25. The first kappa shape index (κ1) is 21.5. The second kappa shape index (κ2) is 8.26. The minimum Gasteiger partial charge on any atom is -0.503 e. The Morgan fingerprint density at radius 1 is 1.00 bits per heavy atom. The zero-order valence-electron chi connectivity index (χ0n) is 15.5. The Kier molecular flexibility index (Phi) is 5.91. The second-order valence-corrected chi connectivity index (χ2v) is 6.25. The summed E-state index contributed by atoms with van der Waals surface area (Å²) in [6, 6.07) is 4.60. The van der Waals surface area contributed by atoms with Crippen LogP contribution < -0.4 is 9.47 Å². The zero-order valence-corrected chi connectivity index (χ0v) is 15.5. The number of carbonyl (C=O) groups is 1. The van der Waals surface area contributed by atoms with Crippen LogP contribution in [0.3, 0.4) is 0 Å². The van der Waals surface area contributed by atoms with Crippen LogP contribution in [0.15, 0.2) is 49.2 Å². The molecular weight excluding hydrogens is 378 g/mol. The molecule has 0 spiro atoms. The summed E-state index contributed by atoms with van der Waals surface area (Å²) < 4.78 is 11.1. The SMILES string of the molecule is [B]C([B])([B])C([B])([B])Oc1cccnc1Oc1cncc(-c2ncc(C(=O)O)cn2)c1. The molecule has 3 aromatic rings. The Morgan fingerprint density at radius 2 is 1.70 bits per heavy atom. The maximum absolute atomic E-state index is 10.9. The summed E-state index contributed by atoms with van der Waals surface area (Å²) in [5.41, 5.74) is 0.428. The number of pyridine rings is 2. The summed E-state index contributed by atoms with van der Waals surface area (Å²) >= 11 is 0. The Labute approximate surface area is 178 Å². The molecule has 0 aliphatic rings.